The molecule has 1 fully saturated rings. The fourth-order valence-corrected chi connectivity index (χ4v) is 1.37. The molecular weight excluding hydrogens is 167 g/mol. The Bertz CT molecular complexity index is 305. The maximum atomic E-state index is 12.8. The molecule has 0 spiro atoms. The van der Waals surface area contributed by atoms with Gasteiger partial charge in [0, 0.05) is 0 Å². The second-order valence-corrected chi connectivity index (χ2v) is 3.87. The zero-order chi connectivity index (χ0) is 9.31. The highest BCUT2D eigenvalue weighted by Crippen LogP contribution is 2.31. The maximum Gasteiger partial charge on any atom is 0.123 e. The SMILES string of the molecule is CC1(CCc2cccc(F)c2)CO1. The largest absolute Gasteiger partial charge is 0.370 e. The Labute approximate surface area is 77.5 Å². The summed E-state index contributed by atoms with van der Waals surface area (Å²) < 4.78 is 18.0. The third kappa shape index (κ3) is 2.28. The summed E-state index contributed by atoms with van der Waals surface area (Å²) in [4.78, 5) is 0. The molecule has 0 aromatic heterocycles. The zero-order valence-electron chi connectivity index (χ0n) is 7.72. The average Bonchev–Trinajstić information content (AvgIpc) is 2.82. The van der Waals surface area contributed by atoms with Gasteiger partial charge in [-0.1, -0.05) is 12.1 Å². The molecule has 1 aromatic rings. The van der Waals surface area contributed by atoms with Crippen molar-refractivity contribution in [3.05, 3.63) is 35.6 Å². The molecule has 13 heavy (non-hydrogen) atoms. The molecule has 0 aliphatic carbocycles. The lowest BCUT2D eigenvalue weighted by atomic mass is 10.0. The topological polar surface area (TPSA) is 12.5 Å². The number of aryl methyl sites for hydroxylation is 1. The van der Waals surface area contributed by atoms with E-state index in [2.05, 4.69) is 6.92 Å². The van der Waals surface area contributed by atoms with Gasteiger partial charge in [-0.15, -0.1) is 0 Å². The normalized spacial score (nSPS) is 26.0. The van der Waals surface area contributed by atoms with Crippen LogP contribution in [0.2, 0.25) is 0 Å². The van der Waals surface area contributed by atoms with Gasteiger partial charge >= 0.3 is 0 Å². The monoisotopic (exact) mass is 180 g/mol. The highest BCUT2D eigenvalue weighted by atomic mass is 19.1. The fourth-order valence-electron chi connectivity index (χ4n) is 1.37. The van der Waals surface area contributed by atoms with Gasteiger partial charge in [-0.05, 0) is 37.5 Å². The number of hydrogen-bond acceptors (Lipinski definition) is 1. The first-order valence-electron chi connectivity index (χ1n) is 4.56. The minimum Gasteiger partial charge on any atom is -0.370 e. The van der Waals surface area contributed by atoms with Gasteiger partial charge in [0.25, 0.3) is 0 Å². The molecule has 0 saturated carbocycles. The van der Waals surface area contributed by atoms with Crippen LogP contribution in [0.4, 0.5) is 4.39 Å². The Hall–Kier alpha value is -0.890. The molecule has 2 heteroatoms. The average molecular weight is 180 g/mol. The van der Waals surface area contributed by atoms with Crippen LogP contribution < -0.4 is 0 Å². The van der Waals surface area contributed by atoms with Crippen molar-refractivity contribution < 1.29 is 9.13 Å². The minimum absolute atomic E-state index is 0.0757. The van der Waals surface area contributed by atoms with Crippen LogP contribution in [0.25, 0.3) is 0 Å². The van der Waals surface area contributed by atoms with E-state index in [0.29, 0.717) is 0 Å². The predicted octanol–water partition coefficient (Wildman–Crippen LogP) is 2.55. The van der Waals surface area contributed by atoms with Gasteiger partial charge in [-0.25, -0.2) is 4.39 Å². The summed E-state index contributed by atoms with van der Waals surface area (Å²) in [6.45, 7) is 2.94. The first kappa shape index (κ1) is 8.70. The van der Waals surface area contributed by atoms with Crippen molar-refractivity contribution in [2.75, 3.05) is 6.61 Å². The van der Waals surface area contributed by atoms with Crippen molar-refractivity contribution in [2.24, 2.45) is 0 Å². The van der Waals surface area contributed by atoms with Crippen LogP contribution in [0.5, 0.6) is 0 Å². The molecule has 0 radical (unpaired) electrons. The third-order valence-corrected chi connectivity index (χ3v) is 2.47. The van der Waals surface area contributed by atoms with Crippen molar-refractivity contribution >= 4 is 0 Å². The number of hydrogen-bond donors (Lipinski definition) is 0. The van der Waals surface area contributed by atoms with E-state index in [-0.39, 0.29) is 11.4 Å². The molecule has 1 atom stereocenters. The summed E-state index contributed by atoms with van der Waals surface area (Å²) >= 11 is 0. The number of halogens is 1. The summed E-state index contributed by atoms with van der Waals surface area (Å²) in [7, 11) is 0. The molecule has 1 aromatic carbocycles. The first-order chi connectivity index (χ1) is 6.18. The number of rotatable bonds is 3. The van der Waals surface area contributed by atoms with E-state index in [1.807, 2.05) is 6.07 Å². The summed E-state index contributed by atoms with van der Waals surface area (Å²) in [5.41, 5.74) is 1.13. The highest BCUT2D eigenvalue weighted by molar-refractivity contribution is 5.17. The molecule has 2 rings (SSSR count). The van der Waals surface area contributed by atoms with Gasteiger partial charge < -0.3 is 4.74 Å². The third-order valence-electron chi connectivity index (χ3n) is 2.47. The van der Waals surface area contributed by atoms with E-state index >= 15 is 0 Å². The summed E-state index contributed by atoms with van der Waals surface area (Å²) in [5, 5.41) is 0. The molecule has 70 valence electrons. The molecule has 1 aliphatic rings. The van der Waals surface area contributed by atoms with Crippen molar-refractivity contribution in [1.82, 2.24) is 0 Å². The Morgan fingerprint density at radius 1 is 1.54 bits per heavy atom. The van der Waals surface area contributed by atoms with Crippen molar-refractivity contribution in [3.8, 4) is 0 Å². The van der Waals surface area contributed by atoms with Crippen LogP contribution in [0, 0.1) is 5.82 Å². The lowest BCUT2D eigenvalue weighted by molar-refractivity contribution is 0.309. The molecule has 0 bridgehead atoms. The Balaban J connectivity index is 1.94. The minimum atomic E-state index is -0.153. The smallest absolute Gasteiger partial charge is 0.123 e. The zero-order valence-corrected chi connectivity index (χ0v) is 7.72. The van der Waals surface area contributed by atoms with E-state index < -0.39 is 0 Å². The van der Waals surface area contributed by atoms with Gasteiger partial charge in [0.2, 0.25) is 0 Å². The van der Waals surface area contributed by atoms with E-state index in [4.69, 9.17) is 4.74 Å². The number of ether oxygens (including phenoxy) is 1. The van der Waals surface area contributed by atoms with Gasteiger partial charge in [0.1, 0.15) is 5.82 Å². The highest BCUT2D eigenvalue weighted by Gasteiger charge is 2.38. The summed E-state index contributed by atoms with van der Waals surface area (Å²) in [6, 6.07) is 6.76. The van der Waals surface area contributed by atoms with Gasteiger partial charge in [-0.3, -0.25) is 0 Å². The fraction of sp³-hybridized carbons (Fsp3) is 0.455. The van der Waals surface area contributed by atoms with Gasteiger partial charge in [0.15, 0.2) is 0 Å². The van der Waals surface area contributed by atoms with Crippen LogP contribution in [-0.4, -0.2) is 12.2 Å². The van der Waals surface area contributed by atoms with Gasteiger partial charge in [0.05, 0.1) is 12.2 Å². The standard InChI is InChI=1S/C11H13FO/c1-11(8-13-11)6-5-9-3-2-4-10(12)7-9/h2-4,7H,5-6,8H2,1H3. The molecular formula is C11H13FO. The molecule has 1 heterocycles. The van der Waals surface area contributed by atoms with Crippen molar-refractivity contribution in [2.45, 2.75) is 25.4 Å². The quantitative estimate of drug-likeness (QED) is 0.651. The maximum absolute atomic E-state index is 12.8. The van der Waals surface area contributed by atoms with Crippen molar-refractivity contribution in [3.63, 3.8) is 0 Å². The Morgan fingerprint density at radius 3 is 2.92 bits per heavy atom. The molecule has 1 saturated heterocycles. The molecule has 1 aliphatic heterocycles. The number of epoxide rings is 1. The van der Waals surface area contributed by atoms with Crippen LogP contribution in [0.1, 0.15) is 18.9 Å². The summed E-state index contributed by atoms with van der Waals surface area (Å²) in [6.07, 6.45) is 1.88. The molecule has 1 unspecified atom stereocenters. The van der Waals surface area contributed by atoms with Crippen LogP contribution in [0.15, 0.2) is 24.3 Å². The first-order valence-corrected chi connectivity index (χ1v) is 4.56. The Kier molecular flexibility index (Phi) is 2.08. The second-order valence-electron chi connectivity index (χ2n) is 3.87. The lowest BCUT2D eigenvalue weighted by Crippen LogP contribution is -2.05. The van der Waals surface area contributed by atoms with Crippen molar-refractivity contribution in [1.29, 1.82) is 0 Å². The van der Waals surface area contributed by atoms with Gasteiger partial charge in [-0.2, -0.15) is 0 Å². The Morgan fingerprint density at radius 2 is 2.31 bits per heavy atom. The van der Waals surface area contributed by atoms with E-state index in [1.165, 1.54) is 6.07 Å². The number of benzene rings is 1. The molecule has 0 amide bonds. The second kappa shape index (κ2) is 3.11. The van der Waals surface area contributed by atoms with Crippen LogP contribution in [0.3, 0.4) is 0 Å². The van der Waals surface area contributed by atoms with Crippen LogP contribution >= 0.6 is 0 Å². The van der Waals surface area contributed by atoms with Crippen LogP contribution in [-0.2, 0) is 11.2 Å². The van der Waals surface area contributed by atoms with E-state index in [9.17, 15) is 4.39 Å². The summed E-state index contributed by atoms with van der Waals surface area (Å²) in [5.74, 6) is -0.153. The van der Waals surface area contributed by atoms with E-state index in [0.717, 1.165) is 25.0 Å². The predicted molar refractivity (Wildman–Crippen MR) is 49.1 cm³/mol. The lowest BCUT2D eigenvalue weighted by Gasteiger charge is -2.04. The molecule has 1 nitrogen and oxygen atoms in total. The van der Waals surface area contributed by atoms with E-state index in [1.54, 1.807) is 12.1 Å². The molecule has 0 N–H and O–H groups in total.